The van der Waals surface area contributed by atoms with Crippen LogP contribution in [0.5, 0.6) is 0 Å². The lowest BCUT2D eigenvalue weighted by molar-refractivity contribution is -0.402. The molecule has 0 aliphatic carbocycles. The molecule has 1 aromatic heterocycles. The third-order valence-corrected chi connectivity index (χ3v) is 3.75. The van der Waals surface area contributed by atoms with Gasteiger partial charge in [-0.3, -0.25) is 14.9 Å². The summed E-state index contributed by atoms with van der Waals surface area (Å²) in [5.41, 5.74) is 0.841. The van der Waals surface area contributed by atoms with Gasteiger partial charge in [-0.05, 0) is 36.6 Å². The first-order valence-corrected chi connectivity index (χ1v) is 6.87. The molecule has 0 spiro atoms. The predicted molar refractivity (Wildman–Crippen MR) is 74.8 cm³/mol. The maximum absolute atomic E-state index is 13.0. The molecular formula is C15H13FN2O4. The highest BCUT2D eigenvalue weighted by Crippen LogP contribution is 2.33. The number of likely N-dealkylation sites (tertiary alicyclic amines) is 1. The summed E-state index contributed by atoms with van der Waals surface area (Å²) >= 11 is 0. The highest BCUT2D eigenvalue weighted by molar-refractivity contribution is 5.92. The largest absolute Gasteiger partial charge is 0.433 e. The van der Waals surface area contributed by atoms with Crippen molar-refractivity contribution in [2.75, 3.05) is 6.54 Å². The van der Waals surface area contributed by atoms with Crippen molar-refractivity contribution in [3.63, 3.8) is 0 Å². The Kier molecular flexibility index (Phi) is 3.62. The number of rotatable bonds is 3. The van der Waals surface area contributed by atoms with Crippen LogP contribution in [0.1, 0.15) is 35.0 Å². The molecule has 1 aromatic carbocycles. The summed E-state index contributed by atoms with van der Waals surface area (Å²) < 4.78 is 18.0. The van der Waals surface area contributed by atoms with Crippen LogP contribution in [-0.4, -0.2) is 22.3 Å². The van der Waals surface area contributed by atoms with Crippen molar-refractivity contribution in [1.82, 2.24) is 4.90 Å². The SMILES string of the molecule is O=C(c1ccc([N+](=O)[O-])o1)N1CCCC1c1ccc(F)cc1. The highest BCUT2D eigenvalue weighted by atomic mass is 19.1. The number of amides is 1. The molecule has 0 radical (unpaired) electrons. The lowest BCUT2D eigenvalue weighted by atomic mass is 10.0. The lowest BCUT2D eigenvalue weighted by Gasteiger charge is -2.24. The van der Waals surface area contributed by atoms with Gasteiger partial charge in [0.05, 0.1) is 12.1 Å². The molecule has 0 bridgehead atoms. The van der Waals surface area contributed by atoms with E-state index < -0.39 is 10.8 Å². The summed E-state index contributed by atoms with van der Waals surface area (Å²) in [7, 11) is 0. The molecule has 1 unspecified atom stereocenters. The van der Waals surface area contributed by atoms with E-state index in [0.29, 0.717) is 6.54 Å². The predicted octanol–water partition coefficient (Wildman–Crippen LogP) is 3.30. The van der Waals surface area contributed by atoms with Gasteiger partial charge in [0, 0.05) is 6.54 Å². The van der Waals surface area contributed by atoms with Crippen molar-refractivity contribution in [2.24, 2.45) is 0 Å². The molecule has 1 saturated heterocycles. The van der Waals surface area contributed by atoms with Gasteiger partial charge in [0.15, 0.2) is 5.76 Å². The molecule has 1 atom stereocenters. The molecule has 0 N–H and O–H groups in total. The smallest absolute Gasteiger partial charge is 0.395 e. The minimum Gasteiger partial charge on any atom is -0.395 e. The number of hydrogen-bond acceptors (Lipinski definition) is 4. The van der Waals surface area contributed by atoms with Crippen LogP contribution in [0.2, 0.25) is 0 Å². The van der Waals surface area contributed by atoms with E-state index in [1.807, 2.05) is 0 Å². The Bertz CT molecular complexity index is 711. The summed E-state index contributed by atoms with van der Waals surface area (Å²) in [6.45, 7) is 0.537. The van der Waals surface area contributed by atoms with Crippen molar-refractivity contribution in [3.8, 4) is 0 Å². The van der Waals surface area contributed by atoms with Crippen LogP contribution in [-0.2, 0) is 0 Å². The zero-order chi connectivity index (χ0) is 15.7. The number of nitro groups is 1. The number of benzene rings is 1. The number of nitrogens with zero attached hydrogens (tertiary/aromatic N) is 2. The number of carbonyl (C=O) groups excluding carboxylic acids is 1. The highest BCUT2D eigenvalue weighted by Gasteiger charge is 2.32. The van der Waals surface area contributed by atoms with E-state index in [2.05, 4.69) is 0 Å². The quantitative estimate of drug-likeness (QED) is 0.644. The van der Waals surface area contributed by atoms with E-state index >= 15 is 0 Å². The van der Waals surface area contributed by atoms with Gasteiger partial charge in [0.2, 0.25) is 0 Å². The minimum atomic E-state index is -0.682. The Balaban J connectivity index is 1.84. The van der Waals surface area contributed by atoms with Crippen LogP contribution in [0.15, 0.2) is 40.8 Å². The van der Waals surface area contributed by atoms with E-state index in [1.165, 1.54) is 18.2 Å². The second kappa shape index (κ2) is 5.59. The first-order chi connectivity index (χ1) is 10.6. The van der Waals surface area contributed by atoms with Gasteiger partial charge in [0.1, 0.15) is 10.7 Å². The van der Waals surface area contributed by atoms with Gasteiger partial charge < -0.3 is 9.32 Å². The molecule has 7 heteroatoms. The van der Waals surface area contributed by atoms with E-state index in [0.717, 1.165) is 24.5 Å². The maximum Gasteiger partial charge on any atom is 0.433 e. The first kappa shape index (κ1) is 14.2. The zero-order valence-corrected chi connectivity index (χ0v) is 11.6. The number of hydrogen-bond donors (Lipinski definition) is 0. The van der Waals surface area contributed by atoms with E-state index in [9.17, 15) is 19.3 Å². The van der Waals surface area contributed by atoms with E-state index in [4.69, 9.17) is 4.42 Å². The molecule has 2 aromatic rings. The fourth-order valence-corrected chi connectivity index (χ4v) is 2.72. The molecular weight excluding hydrogens is 291 g/mol. The van der Waals surface area contributed by atoms with Crippen molar-refractivity contribution in [1.29, 1.82) is 0 Å². The third-order valence-electron chi connectivity index (χ3n) is 3.75. The van der Waals surface area contributed by atoms with Crippen LogP contribution < -0.4 is 0 Å². The zero-order valence-electron chi connectivity index (χ0n) is 11.6. The fraction of sp³-hybridized carbons (Fsp3) is 0.267. The van der Waals surface area contributed by atoms with Crippen LogP contribution >= 0.6 is 0 Å². The molecule has 0 saturated carbocycles. The average Bonchev–Trinajstić information content (AvgIpc) is 3.17. The Morgan fingerprint density at radius 2 is 2.00 bits per heavy atom. The number of halogens is 1. The van der Waals surface area contributed by atoms with Gasteiger partial charge in [-0.2, -0.15) is 0 Å². The molecule has 1 fully saturated rings. The lowest BCUT2D eigenvalue weighted by Crippen LogP contribution is -2.30. The van der Waals surface area contributed by atoms with Crippen LogP contribution in [0.4, 0.5) is 10.3 Å². The summed E-state index contributed by atoms with van der Waals surface area (Å²) in [5, 5.41) is 10.6. The molecule has 1 amide bonds. The molecule has 1 aliphatic rings. The topological polar surface area (TPSA) is 76.6 Å². The van der Waals surface area contributed by atoms with Crippen LogP contribution in [0.25, 0.3) is 0 Å². The number of furan rings is 1. The second-order valence-electron chi connectivity index (χ2n) is 5.10. The van der Waals surface area contributed by atoms with Crippen LogP contribution in [0.3, 0.4) is 0 Å². The van der Waals surface area contributed by atoms with Crippen LogP contribution in [0, 0.1) is 15.9 Å². The Morgan fingerprint density at radius 3 is 2.64 bits per heavy atom. The molecule has 114 valence electrons. The average molecular weight is 304 g/mol. The summed E-state index contributed by atoms with van der Waals surface area (Å²) in [4.78, 5) is 24.0. The fourth-order valence-electron chi connectivity index (χ4n) is 2.72. The Hall–Kier alpha value is -2.70. The van der Waals surface area contributed by atoms with E-state index in [-0.39, 0.29) is 23.5 Å². The second-order valence-corrected chi connectivity index (χ2v) is 5.10. The number of carbonyl (C=O) groups is 1. The third kappa shape index (κ3) is 2.57. The normalized spacial score (nSPS) is 17.7. The first-order valence-electron chi connectivity index (χ1n) is 6.87. The monoisotopic (exact) mass is 304 g/mol. The standard InChI is InChI=1S/C15H13FN2O4/c16-11-5-3-10(4-6-11)12-2-1-9-17(12)15(19)13-7-8-14(22-13)18(20)21/h3-8,12H,1-2,9H2. The van der Waals surface area contributed by atoms with Crippen molar-refractivity contribution in [2.45, 2.75) is 18.9 Å². The maximum atomic E-state index is 13.0. The van der Waals surface area contributed by atoms with Gasteiger partial charge in [0.25, 0.3) is 5.91 Å². The Labute approximate surface area is 125 Å². The Morgan fingerprint density at radius 1 is 1.27 bits per heavy atom. The van der Waals surface area contributed by atoms with Gasteiger partial charge in [-0.1, -0.05) is 12.1 Å². The van der Waals surface area contributed by atoms with Gasteiger partial charge >= 0.3 is 5.88 Å². The molecule has 6 nitrogen and oxygen atoms in total. The van der Waals surface area contributed by atoms with Crippen molar-refractivity contribution in [3.05, 3.63) is 63.7 Å². The summed E-state index contributed by atoms with van der Waals surface area (Å²) in [6, 6.07) is 8.31. The van der Waals surface area contributed by atoms with Gasteiger partial charge in [-0.15, -0.1) is 0 Å². The molecule has 1 aliphatic heterocycles. The minimum absolute atomic E-state index is 0.0549. The molecule has 22 heavy (non-hydrogen) atoms. The van der Waals surface area contributed by atoms with Crippen molar-refractivity contribution >= 4 is 11.8 Å². The van der Waals surface area contributed by atoms with Gasteiger partial charge in [-0.25, -0.2) is 4.39 Å². The molecule has 2 heterocycles. The summed E-state index contributed by atoms with van der Waals surface area (Å²) in [5.74, 6) is -1.23. The van der Waals surface area contributed by atoms with E-state index in [1.54, 1.807) is 17.0 Å². The molecule has 3 rings (SSSR count). The summed E-state index contributed by atoms with van der Waals surface area (Å²) in [6.07, 6.45) is 1.58. The van der Waals surface area contributed by atoms with Crippen molar-refractivity contribution < 1.29 is 18.5 Å².